The Kier molecular flexibility index (Phi) is 8.74. The van der Waals surface area contributed by atoms with Crippen LogP contribution in [0.3, 0.4) is 0 Å². The number of hydrogen-bond donors (Lipinski definition) is 0. The average Bonchev–Trinajstić information content (AvgIpc) is 3.27. The molecule has 1 aromatic heterocycles. The van der Waals surface area contributed by atoms with Gasteiger partial charge in [-0.3, -0.25) is 9.59 Å². The molecule has 0 spiro atoms. The van der Waals surface area contributed by atoms with Gasteiger partial charge in [0.1, 0.15) is 6.54 Å². The summed E-state index contributed by atoms with van der Waals surface area (Å²) in [5, 5.41) is 0. The second-order valence-electron chi connectivity index (χ2n) is 8.57. The number of likely N-dealkylation sites (N-methyl/N-ethyl adjacent to an activating group) is 1. The zero-order chi connectivity index (χ0) is 26.5. The van der Waals surface area contributed by atoms with Gasteiger partial charge in [-0.05, 0) is 78.6 Å². The minimum atomic E-state index is -4.38. The number of anilines is 1. The van der Waals surface area contributed by atoms with Gasteiger partial charge in [-0.2, -0.15) is 13.2 Å². The monoisotopic (exact) mass is 515 g/mol. The molecule has 3 aromatic rings. The van der Waals surface area contributed by atoms with E-state index in [9.17, 15) is 22.8 Å². The van der Waals surface area contributed by atoms with Crippen LogP contribution in [-0.2, 0) is 15.7 Å². The van der Waals surface area contributed by atoms with Gasteiger partial charge in [0.25, 0.3) is 0 Å². The minimum Gasteiger partial charge on any atom is -0.465 e. The predicted molar refractivity (Wildman–Crippen MR) is 139 cm³/mol. The van der Waals surface area contributed by atoms with E-state index in [1.54, 1.807) is 49.2 Å². The van der Waals surface area contributed by atoms with Gasteiger partial charge in [0.05, 0.1) is 12.2 Å². The molecule has 0 fully saturated rings. The van der Waals surface area contributed by atoms with Gasteiger partial charge in [-0.25, -0.2) is 0 Å². The molecule has 0 radical (unpaired) electrons. The number of rotatable bonds is 9. The fraction of sp³-hybridized carbons (Fsp3) is 0.286. The molecule has 0 N–H and O–H groups in total. The first kappa shape index (κ1) is 27.2. The molecule has 4 nitrogen and oxygen atoms in total. The van der Waals surface area contributed by atoms with E-state index in [0.717, 1.165) is 33.1 Å². The van der Waals surface area contributed by atoms with Gasteiger partial charge in [0.2, 0.25) is 0 Å². The smallest absolute Gasteiger partial charge is 0.416 e. The molecule has 0 unspecified atom stereocenters. The number of carbonyl (C=O) groups is 2. The molecule has 0 aliphatic heterocycles. The van der Waals surface area contributed by atoms with Gasteiger partial charge < -0.3 is 9.64 Å². The SMILES string of the molecule is CCOC(=O)CN(C)c1ccc(C(=O)C=Cc2sc(-c3ccc(C(F)(F)F)cc3)cc2C(C)C)cc1. The largest absolute Gasteiger partial charge is 0.465 e. The summed E-state index contributed by atoms with van der Waals surface area (Å²) < 4.78 is 43.6. The quantitative estimate of drug-likeness (QED) is 0.169. The van der Waals surface area contributed by atoms with Crippen LogP contribution in [0.4, 0.5) is 18.9 Å². The van der Waals surface area contributed by atoms with E-state index >= 15 is 0 Å². The second kappa shape index (κ2) is 11.6. The van der Waals surface area contributed by atoms with Gasteiger partial charge >= 0.3 is 12.1 Å². The summed E-state index contributed by atoms with van der Waals surface area (Å²) in [7, 11) is 1.77. The lowest BCUT2D eigenvalue weighted by Crippen LogP contribution is -2.27. The number of thiophene rings is 1. The fourth-order valence-electron chi connectivity index (χ4n) is 3.59. The van der Waals surface area contributed by atoms with Crippen LogP contribution in [-0.4, -0.2) is 32.0 Å². The maximum Gasteiger partial charge on any atom is 0.416 e. The van der Waals surface area contributed by atoms with Crippen molar-refractivity contribution in [1.82, 2.24) is 0 Å². The molecule has 1 heterocycles. The highest BCUT2D eigenvalue weighted by molar-refractivity contribution is 7.16. The van der Waals surface area contributed by atoms with Crippen LogP contribution in [0.1, 0.15) is 53.1 Å². The molecule has 190 valence electrons. The first-order valence-electron chi connectivity index (χ1n) is 11.5. The number of carbonyl (C=O) groups excluding carboxylic acids is 2. The molecule has 0 atom stereocenters. The molecule has 0 amide bonds. The number of esters is 1. The lowest BCUT2D eigenvalue weighted by molar-refractivity contribution is -0.141. The third kappa shape index (κ3) is 6.85. The molecule has 2 aromatic carbocycles. The minimum absolute atomic E-state index is 0.110. The summed E-state index contributed by atoms with van der Waals surface area (Å²) >= 11 is 1.44. The van der Waals surface area contributed by atoms with Crippen LogP contribution < -0.4 is 4.90 Å². The van der Waals surface area contributed by atoms with Crippen LogP contribution in [0.2, 0.25) is 0 Å². The Balaban J connectivity index is 1.76. The van der Waals surface area contributed by atoms with Crippen molar-refractivity contribution < 1.29 is 27.5 Å². The lowest BCUT2D eigenvalue weighted by Gasteiger charge is -2.18. The summed E-state index contributed by atoms with van der Waals surface area (Å²) in [6, 6.07) is 14.0. The Labute approximate surface area is 213 Å². The predicted octanol–water partition coefficient (Wildman–Crippen LogP) is 7.45. The molecule has 0 saturated carbocycles. The standard InChI is InChI=1S/C28H28F3NO3S/c1-5-35-27(34)17-32(4)22-12-8-19(9-13-22)24(33)14-15-25-23(18(2)3)16-26(36-25)20-6-10-21(11-7-20)28(29,30)31/h6-16,18H,5,17H2,1-4H3. The molecule has 0 bridgehead atoms. The van der Waals surface area contributed by atoms with Crippen LogP contribution in [0, 0.1) is 0 Å². The normalized spacial score (nSPS) is 11.8. The van der Waals surface area contributed by atoms with Crippen molar-refractivity contribution in [3.63, 3.8) is 0 Å². The third-order valence-electron chi connectivity index (χ3n) is 5.56. The Bertz CT molecular complexity index is 1230. The van der Waals surface area contributed by atoms with E-state index < -0.39 is 11.7 Å². The zero-order valence-electron chi connectivity index (χ0n) is 20.6. The van der Waals surface area contributed by atoms with E-state index in [0.29, 0.717) is 17.7 Å². The molecular weight excluding hydrogens is 487 g/mol. The summed E-state index contributed by atoms with van der Waals surface area (Å²) in [5.41, 5.74) is 2.32. The Morgan fingerprint density at radius 1 is 1.06 bits per heavy atom. The first-order valence-corrected chi connectivity index (χ1v) is 12.3. The van der Waals surface area contributed by atoms with Crippen molar-refractivity contribution in [1.29, 1.82) is 0 Å². The third-order valence-corrected chi connectivity index (χ3v) is 6.73. The second-order valence-corrected chi connectivity index (χ2v) is 9.65. The van der Waals surface area contributed by atoms with E-state index in [4.69, 9.17) is 4.74 Å². The van der Waals surface area contributed by atoms with Gasteiger partial charge in [-0.1, -0.05) is 26.0 Å². The highest BCUT2D eigenvalue weighted by Crippen LogP contribution is 2.37. The van der Waals surface area contributed by atoms with Gasteiger partial charge in [0, 0.05) is 28.1 Å². The topological polar surface area (TPSA) is 46.6 Å². The van der Waals surface area contributed by atoms with Gasteiger partial charge in [-0.15, -0.1) is 11.3 Å². The molecule has 8 heteroatoms. The number of hydrogen-bond acceptors (Lipinski definition) is 5. The van der Waals surface area contributed by atoms with Crippen molar-refractivity contribution in [3.8, 4) is 10.4 Å². The Hall–Kier alpha value is -3.39. The number of ether oxygens (including phenoxy) is 1. The van der Waals surface area contributed by atoms with Crippen LogP contribution >= 0.6 is 11.3 Å². The van der Waals surface area contributed by atoms with Gasteiger partial charge in [0.15, 0.2) is 5.78 Å². The van der Waals surface area contributed by atoms with Crippen LogP contribution in [0.5, 0.6) is 0 Å². The lowest BCUT2D eigenvalue weighted by atomic mass is 10.0. The molecule has 36 heavy (non-hydrogen) atoms. The van der Waals surface area contributed by atoms with E-state index in [-0.39, 0.29) is 24.2 Å². The van der Waals surface area contributed by atoms with E-state index in [1.807, 2.05) is 19.9 Å². The molecule has 0 saturated heterocycles. The first-order chi connectivity index (χ1) is 17.0. The fourth-order valence-corrected chi connectivity index (χ4v) is 4.81. The van der Waals surface area contributed by atoms with Crippen LogP contribution in [0.25, 0.3) is 16.5 Å². The van der Waals surface area contributed by atoms with Crippen molar-refractivity contribution >= 4 is 34.9 Å². The zero-order valence-corrected chi connectivity index (χ0v) is 21.4. The number of ketones is 1. The number of benzene rings is 2. The maximum atomic E-state index is 12.9. The molecule has 0 aliphatic rings. The average molecular weight is 516 g/mol. The highest BCUT2D eigenvalue weighted by atomic mass is 32.1. The highest BCUT2D eigenvalue weighted by Gasteiger charge is 2.30. The number of alkyl halides is 3. The summed E-state index contributed by atoms with van der Waals surface area (Å²) in [4.78, 5) is 27.9. The molecule has 3 rings (SSSR count). The Morgan fingerprint density at radius 2 is 1.69 bits per heavy atom. The Morgan fingerprint density at radius 3 is 2.25 bits per heavy atom. The number of nitrogens with zero attached hydrogens (tertiary/aromatic N) is 1. The maximum absolute atomic E-state index is 12.9. The van der Waals surface area contributed by atoms with Crippen molar-refractivity contribution in [2.45, 2.75) is 32.9 Å². The molecular formula is C28H28F3NO3S. The number of allylic oxidation sites excluding steroid dienone is 1. The van der Waals surface area contributed by atoms with Crippen molar-refractivity contribution in [2.24, 2.45) is 0 Å². The molecule has 0 aliphatic carbocycles. The van der Waals surface area contributed by atoms with Crippen molar-refractivity contribution in [2.75, 3.05) is 25.1 Å². The summed E-state index contributed by atoms with van der Waals surface area (Å²) in [6.07, 6.45) is -1.11. The summed E-state index contributed by atoms with van der Waals surface area (Å²) in [6.45, 7) is 6.24. The summed E-state index contributed by atoms with van der Waals surface area (Å²) in [5.74, 6) is -0.321. The van der Waals surface area contributed by atoms with Crippen molar-refractivity contribution in [3.05, 3.63) is 82.2 Å². The van der Waals surface area contributed by atoms with Crippen LogP contribution in [0.15, 0.2) is 60.7 Å². The van der Waals surface area contributed by atoms with E-state index in [2.05, 4.69) is 0 Å². The van der Waals surface area contributed by atoms with E-state index in [1.165, 1.54) is 29.5 Å². The number of halogens is 3.